The van der Waals surface area contributed by atoms with E-state index >= 15 is 0 Å². The predicted octanol–water partition coefficient (Wildman–Crippen LogP) is 5.95. The topological polar surface area (TPSA) is 135 Å². The van der Waals surface area contributed by atoms with Crippen molar-refractivity contribution in [3.8, 4) is 39.8 Å². The number of carbonyl (C=O) groups is 1. The van der Waals surface area contributed by atoms with E-state index in [2.05, 4.69) is 18.7 Å². The Balaban J connectivity index is 1.38. The Morgan fingerprint density at radius 3 is 2.04 bits per heavy atom. The first-order valence-corrected chi connectivity index (χ1v) is 16.8. The summed E-state index contributed by atoms with van der Waals surface area (Å²) in [6.45, 7) is 9.03. The van der Waals surface area contributed by atoms with Gasteiger partial charge < -0.3 is 43.0 Å². The van der Waals surface area contributed by atoms with Crippen LogP contribution in [-0.4, -0.2) is 96.6 Å². The fourth-order valence-corrected chi connectivity index (χ4v) is 5.07. The molecular weight excluding hydrogens is 654 g/mol. The third-order valence-electron chi connectivity index (χ3n) is 7.40. The van der Waals surface area contributed by atoms with E-state index in [0.29, 0.717) is 77.4 Å². The van der Waals surface area contributed by atoms with Gasteiger partial charge in [0.05, 0.1) is 71.1 Å². The van der Waals surface area contributed by atoms with Crippen LogP contribution in [0.15, 0.2) is 91.5 Å². The third-order valence-corrected chi connectivity index (χ3v) is 7.40. The Morgan fingerprint density at radius 2 is 1.35 bits per heavy atom. The molecule has 0 amide bonds. The molecule has 11 nitrogen and oxygen atoms in total. The molecule has 1 atom stereocenters. The average molecular weight is 700 g/mol. The minimum atomic E-state index is -0.813. The van der Waals surface area contributed by atoms with E-state index in [1.165, 1.54) is 0 Å². The lowest BCUT2D eigenvalue weighted by Gasteiger charge is -2.17. The van der Waals surface area contributed by atoms with Gasteiger partial charge in [-0.1, -0.05) is 55.1 Å². The summed E-state index contributed by atoms with van der Waals surface area (Å²) >= 11 is 0. The van der Waals surface area contributed by atoms with Gasteiger partial charge in [-0.15, -0.1) is 0 Å². The highest BCUT2D eigenvalue weighted by molar-refractivity contribution is 6.01. The Labute approximate surface area is 298 Å². The summed E-state index contributed by atoms with van der Waals surface area (Å²) < 4.78 is 44.5. The minimum Gasteiger partial charge on any atom is -0.491 e. The van der Waals surface area contributed by atoms with Gasteiger partial charge in [0.15, 0.2) is 6.29 Å². The molecule has 0 aliphatic carbocycles. The van der Waals surface area contributed by atoms with E-state index in [-0.39, 0.29) is 13.2 Å². The van der Waals surface area contributed by atoms with Crippen LogP contribution in [0.25, 0.3) is 33.0 Å². The number of nitrogens with zero attached hydrogens (tertiary/aromatic N) is 1. The van der Waals surface area contributed by atoms with E-state index < -0.39 is 12.3 Å². The summed E-state index contributed by atoms with van der Waals surface area (Å²) in [5.74, 6) is 0.946. The van der Waals surface area contributed by atoms with Crippen LogP contribution >= 0.6 is 0 Å². The molecule has 11 heteroatoms. The number of aliphatic hydroxyl groups excluding tert-OH is 1. The Bertz CT molecular complexity index is 1720. The minimum absolute atomic E-state index is 0.166. The van der Waals surface area contributed by atoms with E-state index in [0.717, 1.165) is 44.9 Å². The molecule has 0 heterocycles. The lowest BCUT2D eigenvalue weighted by atomic mass is 9.93. The van der Waals surface area contributed by atoms with Gasteiger partial charge in [0.1, 0.15) is 31.3 Å². The molecular formula is C40H45NO10. The van der Waals surface area contributed by atoms with Crippen LogP contribution in [0.1, 0.15) is 12.5 Å². The highest BCUT2D eigenvalue weighted by Crippen LogP contribution is 2.40. The van der Waals surface area contributed by atoms with Crippen molar-refractivity contribution in [2.24, 2.45) is 0 Å². The van der Waals surface area contributed by atoms with E-state index in [1.54, 1.807) is 6.92 Å². The monoisotopic (exact) mass is 699 g/mol. The van der Waals surface area contributed by atoms with Crippen LogP contribution in [0.2, 0.25) is 0 Å². The van der Waals surface area contributed by atoms with Crippen molar-refractivity contribution in [1.29, 1.82) is 5.26 Å². The number of rotatable bonds is 24. The van der Waals surface area contributed by atoms with Crippen molar-refractivity contribution >= 4 is 16.7 Å². The second-order valence-corrected chi connectivity index (χ2v) is 11.1. The smallest absolute Gasteiger partial charge is 0.330 e. The molecule has 0 fully saturated rings. The molecule has 270 valence electrons. The first-order valence-electron chi connectivity index (χ1n) is 16.8. The van der Waals surface area contributed by atoms with Crippen LogP contribution in [-0.2, 0) is 33.2 Å². The summed E-state index contributed by atoms with van der Waals surface area (Å²) in [6.07, 6.45) is 0.300. The van der Waals surface area contributed by atoms with Crippen molar-refractivity contribution in [2.75, 3.05) is 79.3 Å². The molecule has 1 unspecified atom stereocenters. The molecule has 4 rings (SSSR count). The standard InChI is InChI=1S/C40H45NO10/c1-3-39(43)51-26-22-47-18-17-45-20-24-49-37-10-5-4-9-35(37)32-7-6-8-34(28-32)40-36-13-11-31(29-41)27-33(36)12-14-38(40)50-25-21-46-16-15-44-19-23-48-30(2)42/h3-14,27-28,30,42H,1,15-26H2,2H3. The highest BCUT2D eigenvalue weighted by atomic mass is 16.6. The quantitative estimate of drug-likeness (QED) is 0.0402. The number of para-hydroxylation sites is 1. The Morgan fingerprint density at radius 1 is 0.725 bits per heavy atom. The summed E-state index contributed by atoms with van der Waals surface area (Å²) in [5, 5.41) is 20.5. The van der Waals surface area contributed by atoms with Gasteiger partial charge >= 0.3 is 5.97 Å². The predicted molar refractivity (Wildman–Crippen MR) is 193 cm³/mol. The van der Waals surface area contributed by atoms with Crippen LogP contribution < -0.4 is 9.47 Å². The normalized spacial score (nSPS) is 11.5. The summed E-state index contributed by atoms with van der Waals surface area (Å²) in [6, 6.07) is 27.8. The number of esters is 1. The molecule has 4 aromatic rings. The number of hydrogen-bond donors (Lipinski definition) is 1. The van der Waals surface area contributed by atoms with Gasteiger partial charge in [-0.05, 0) is 59.2 Å². The molecule has 51 heavy (non-hydrogen) atoms. The summed E-state index contributed by atoms with van der Waals surface area (Å²) in [5.41, 5.74) is 4.34. The van der Waals surface area contributed by atoms with Crippen molar-refractivity contribution in [3.05, 3.63) is 97.1 Å². The highest BCUT2D eigenvalue weighted by Gasteiger charge is 2.15. The number of fused-ring (bicyclic) bond motifs is 1. The number of ether oxygens (including phenoxy) is 8. The van der Waals surface area contributed by atoms with Crippen LogP contribution in [0.3, 0.4) is 0 Å². The van der Waals surface area contributed by atoms with E-state index in [4.69, 9.17) is 43.0 Å². The van der Waals surface area contributed by atoms with E-state index in [9.17, 15) is 10.1 Å². The molecule has 4 aromatic carbocycles. The molecule has 1 N–H and O–H groups in total. The second kappa shape index (κ2) is 22.1. The molecule has 0 aliphatic rings. The maximum Gasteiger partial charge on any atom is 0.330 e. The number of aliphatic hydroxyl groups is 1. The maximum atomic E-state index is 11.1. The van der Waals surface area contributed by atoms with Crippen molar-refractivity contribution in [2.45, 2.75) is 13.2 Å². The number of hydrogen-bond acceptors (Lipinski definition) is 11. The van der Waals surface area contributed by atoms with Crippen molar-refractivity contribution in [3.63, 3.8) is 0 Å². The van der Waals surface area contributed by atoms with Gasteiger partial charge in [-0.2, -0.15) is 5.26 Å². The van der Waals surface area contributed by atoms with Crippen LogP contribution in [0.4, 0.5) is 0 Å². The largest absolute Gasteiger partial charge is 0.491 e. The van der Waals surface area contributed by atoms with E-state index in [1.807, 2.05) is 72.8 Å². The number of benzene rings is 4. The molecule has 0 saturated heterocycles. The maximum absolute atomic E-state index is 11.1. The molecule has 0 spiro atoms. The van der Waals surface area contributed by atoms with Gasteiger partial charge in [0, 0.05) is 17.2 Å². The fourth-order valence-electron chi connectivity index (χ4n) is 5.07. The summed E-state index contributed by atoms with van der Waals surface area (Å²) in [7, 11) is 0. The molecule has 0 bridgehead atoms. The van der Waals surface area contributed by atoms with Gasteiger partial charge in [0.2, 0.25) is 0 Å². The fraction of sp³-hybridized carbons (Fsp3) is 0.350. The summed E-state index contributed by atoms with van der Waals surface area (Å²) in [4.78, 5) is 11.1. The molecule has 0 aromatic heterocycles. The van der Waals surface area contributed by atoms with Gasteiger partial charge in [-0.3, -0.25) is 0 Å². The SMILES string of the molecule is C=CC(=O)OCCOCCOCCOc1ccccc1-c1cccc(-c2c(OCCOCCOCCOC(C)O)ccc3cc(C#N)ccc23)c1. The van der Waals surface area contributed by atoms with Crippen molar-refractivity contribution in [1.82, 2.24) is 0 Å². The second-order valence-electron chi connectivity index (χ2n) is 11.1. The first kappa shape index (κ1) is 39.0. The van der Waals surface area contributed by atoms with Crippen LogP contribution in [0, 0.1) is 11.3 Å². The zero-order valence-corrected chi connectivity index (χ0v) is 28.9. The Hall–Kier alpha value is -4.80. The molecule has 0 radical (unpaired) electrons. The Kier molecular flexibility index (Phi) is 16.9. The lowest BCUT2D eigenvalue weighted by Crippen LogP contribution is -2.15. The van der Waals surface area contributed by atoms with Crippen molar-refractivity contribution < 1.29 is 47.8 Å². The third kappa shape index (κ3) is 13.1. The van der Waals surface area contributed by atoms with Gasteiger partial charge in [0.25, 0.3) is 0 Å². The van der Waals surface area contributed by atoms with Gasteiger partial charge in [-0.25, -0.2) is 4.79 Å². The average Bonchev–Trinajstić information content (AvgIpc) is 3.15. The zero-order valence-electron chi connectivity index (χ0n) is 28.9. The molecule has 0 saturated carbocycles. The number of nitriles is 1. The number of carbonyl (C=O) groups excluding carboxylic acids is 1. The first-order chi connectivity index (χ1) is 25.0. The zero-order chi connectivity index (χ0) is 36.1. The lowest BCUT2D eigenvalue weighted by molar-refractivity contribution is -0.139. The van der Waals surface area contributed by atoms with Crippen LogP contribution in [0.5, 0.6) is 11.5 Å². The molecule has 0 aliphatic heterocycles.